The highest BCUT2D eigenvalue weighted by atomic mass is 32.2. The van der Waals surface area contributed by atoms with Gasteiger partial charge in [0.15, 0.2) is 0 Å². The summed E-state index contributed by atoms with van der Waals surface area (Å²) in [6.45, 7) is 8.66. The number of rotatable bonds is 2. The van der Waals surface area contributed by atoms with Crippen LogP contribution < -0.4 is 4.72 Å². The normalized spacial score (nSPS) is 11.8. The summed E-state index contributed by atoms with van der Waals surface area (Å²) < 4.78 is 3.50. The van der Waals surface area contributed by atoms with Crippen LogP contribution in [0, 0.1) is 6.92 Å². The Hall–Kier alpha value is -1.22. The van der Waals surface area contributed by atoms with Gasteiger partial charge in [0.25, 0.3) is 0 Å². The summed E-state index contributed by atoms with van der Waals surface area (Å²) in [4.78, 5) is 4.61. The Morgan fingerprint density at radius 2 is 1.88 bits per heavy atom. The second kappa shape index (κ2) is 4.57. The molecule has 0 fully saturated rings. The van der Waals surface area contributed by atoms with Crippen LogP contribution in [0.15, 0.2) is 30.3 Å². The summed E-state index contributed by atoms with van der Waals surface area (Å²) in [7, 11) is 0. The topological polar surface area (TPSA) is 24.9 Å². The maximum atomic E-state index is 4.61. The van der Waals surface area contributed by atoms with Gasteiger partial charge in [-0.3, -0.25) is 0 Å². The van der Waals surface area contributed by atoms with Crippen molar-refractivity contribution in [3.8, 4) is 0 Å². The minimum atomic E-state index is 0.182. The van der Waals surface area contributed by atoms with Crippen LogP contribution in [0.3, 0.4) is 0 Å². The van der Waals surface area contributed by atoms with E-state index in [1.807, 2.05) is 12.1 Å². The number of nitrogens with zero attached hydrogens (tertiary/aromatic N) is 1. The van der Waals surface area contributed by atoms with Gasteiger partial charge >= 0.3 is 0 Å². The zero-order chi connectivity index (χ0) is 12.5. The van der Waals surface area contributed by atoms with E-state index < -0.39 is 0 Å². The van der Waals surface area contributed by atoms with Crippen LogP contribution in [0.4, 0.5) is 5.82 Å². The maximum absolute atomic E-state index is 4.61. The van der Waals surface area contributed by atoms with E-state index in [4.69, 9.17) is 0 Å². The van der Waals surface area contributed by atoms with E-state index in [0.29, 0.717) is 0 Å². The van der Waals surface area contributed by atoms with E-state index in [9.17, 15) is 0 Å². The molecule has 0 aliphatic carbocycles. The van der Waals surface area contributed by atoms with Gasteiger partial charge in [-0.25, -0.2) is 4.98 Å². The number of hydrogen-bond donors (Lipinski definition) is 1. The molecule has 1 heterocycles. The van der Waals surface area contributed by atoms with Gasteiger partial charge in [0.05, 0.1) is 5.52 Å². The largest absolute Gasteiger partial charge is 0.314 e. The molecule has 0 amide bonds. The Morgan fingerprint density at radius 3 is 2.59 bits per heavy atom. The molecule has 2 aromatic rings. The van der Waals surface area contributed by atoms with E-state index in [2.05, 4.69) is 55.6 Å². The number of pyridine rings is 1. The predicted molar refractivity (Wildman–Crippen MR) is 77.4 cm³/mol. The first kappa shape index (κ1) is 12.2. The molecule has 0 saturated carbocycles. The fourth-order valence-corrected chi connectivity index (χ4v) is 2.12. The van der Waals surface area contributed by atoms with E-state index in [0.717, 1.165) is 11.3 Å². The van der Waals surface area contributed by atoms with E-state index in [-0.39, 0.29) is 4.75 Å². The summed E-state index contributed by atoms with van der Waals surface area (Å²) >= 11 is 1.69. The van der Waals surface area contributed by atoms with Crippen molar-refractivity contribution >= 4 is 28.7 Å². The van der Waals surface area contributed by atoms with Gasteiger partial charge in [-0.1, -0.05) is 18.2 Å². The van der Waals surface area contributed by atoms with Gasteiger partial charge in [-0.2, -0.15) is 0 Å². The molecule has 0 atom stereocenters. The highest BCUT2D eigenvalue weighted by molar-refractivity contribution is 8.01. The highest BCUT2D eigenvalue weighted by Crippen LogP contribution is 2.26. The van der Waals surface area contributed by atoms with Gasteiger partial charge in [-0.15, -0.1) is 0 Å². The third-order valence-corrected chi connectivity index (χ3v) is 3.31. The van der Waals surface area contributed by atoms with Crippen molar-refractivity contribution in [1.82, 2.24) is 4.98 Å². The SMILES string of the molecule is Cc1cc(NSC(C)(C)C)nc2ccccc12. The summed E-state index contributed by atoms with van der Waals surface area (Å²) in [5.41, 5.74) is 2.30. The first-order chi connectivity index (χ1) is 7.96. The molecule has 0 bridgehead atoms. The second-order valence-corrected chi connectivity index (χ2v) is 6.79. The van der Waals surface area contributed by atoms with Crippen molar-refractivity contribution < 1.29 is 0 Å². The molecule has 2 rings (SSSR count). The quantitative estimate of drug-likeness (QED) is 0.795. The number of anilines is 1. The van der Waals surface area contributed by atoms with E-state index in [1.165, 1.54) is 10.9 Å². The van der Waals surface area contributed by atoms with Crippen LogP contribution in [-0.4, -0.2) is 9.73 Å². The van der Waals surface area contributed by atoms with Crippen LogP contribution in [-0.2, 0) is 0 Å². The molecule has 1 aromatic heterocycles. The Bertz CT molecular complexity index is 529. The molecule has 0 saturated heterocycles. The Kier molecular flexibility index (Phi) is 3.29. The fourth-order valence-electron chi connectivity index (χ4n) is 1.61. The van der Waals surface area contributed by atoms with Gasteiger partial charge < -0.3 is 4.72 Å². The molecular formula is C14H18N2S. The van der Waals surface area contributed by atoms with Crippen molar-refractivity contribution in [2.45, 2.75) is 32.4 Å². The molecule has 90 valence electrons. The molecule has 0 radical (unpaired) electrons. The van der Waals surface area contributed by atoms with Gasteiger partial charge in [0, 0.05) is 10.1 Å². The third-order valence-electron chi connectivity index (χ3n) is 2.38. The number of aryl methyl sites for hydroxylation is 1. The Balaban J connectivity index is 2.31. The van der Waals surface area contributed by atoms with Crippen molar-refractivity contribution in [2.24, 2.45) is 0 Å². The van der Waals surface area contributed by atoms with Gasteiger partial charge in [-0.05, 0) is 57.3 Å². The lowest BCUT2D eigenvalue weighted by Crippen LogP contribution is -2.11. The van der Waals surface area contributed by atoms with Crippen molar-refractivity contribution in [1.29, 1.82) is 0 Å². The molecule has 1 aromatic carbocycles. The van der Waals surface area contributed by atoms with Crippen molar-refractivity contribution in [2.75, 3.05) is 4.72 Å². The minimum absolute atomic E-state index is 0.182. The molecule has 0 aliphatic heterocycles. The van der Waals surface area contributed by atoms with Crippen LogP contribution in [0.5, 0.6) is 0 Å². The lowest BCUT2D eigenvalue weighted by atomic mass is 10.1. The Labute approximate surface area is 107 Å². The smallest absolute Gasteiger partial charge is 0.136 e. The number of para-hydroxylation sites is 1. The summed E-state index contributed by atoms with van der Waals surface area (Å²) in [6, 6.07) is 10.3. The second-order valence-electron chi connectivity index (χ2n) is 5.16. The van der Waals surface area contributed by atoms with Crippen LogP contribution >= 0.6 is 11.9 Å². The van der Waals surface area contributed by atoms with Crippen LogP contribution in [0.25, 0.3) is 10.9 Å². The molecule has 0 unspecified atom stereocenters. The van der Waals surface area contributed by atoms with Crippen LogP contribution in [0.1, 0.15) is 26.3 Å². The van der Waals surface area contributed by atoms with E-state index >= 15 is 0 Å². The van der Waals surface area contributed by atoms with E-state index in [1.54, 1.807) is 11.9 Å². The number of aromatic nitrogens is 1. The van der Waals surface area contributed by atoms with Crippen molar-refractivity contribution in [3.63, 3.8) is 0 Å². The molecule has 17 heavy (non-hydrogen) atoms. The first-order valence-corrected chi connectivity index (χ1v) is 6.58. The fraction of sp³-hybridized carbons (Fsp3) is 0.357. The molecule has 0 spiro atoms. The average molecular weight is 246 g/mol. The molecule has 3 heteroatoms. The monoisotopic (exact) mass is 246 g/mol. The molecular weight excluding hydrogens is 228 g/mol. The summed E-state index contributed by atoms with van der Waals surface area (Å²) in [5, 5.41) is 1.22. The van der Waals surface area contributed by atoms with Gasteiger partial charge in [0.2, 0.25) is 0 Å². The molecule has 0 aliphatic rings. The van der Waals surface area contributed by atoms with Gasteiger partial charge in [0.1, 0.15) is 5.82 Å². The summed E-state index contributed by atoms with van der Waals surface area (Å²) in [5.74, 6) is 0.932. The predicted octanol–water partition coefficient (Wildman–Crippen LogP) is 4.40. The molecule has 1 N–H and O–H groups in total. The highest BCUT2D eigenvalue weighted by Gasteiger charge is 2.11. The minimum Gasteiger partial charge on any atom is -0.314 e. The number of fused-ring (bicyclic) bond motifs is 1. The van der Waals surface area contributed by atoms with Crippen LogP contribution in [0.2, 0.25) is 0 Å². The number of benzene rings is 1. The Morgan fingerprint density at radius 1 is 1.18 bits per heavy atom. The van der Waals surface area contributed by atoms with Crippen molar-refractivity contribution in [3.05, 3.63) is 35.9 Å². The molecule has 2 nitrogen and oxygen atoms in total. The first-order valence-electron chi connectivity index (χ1n) is 5.76. The average Bonchev–Trinajstić information content (AvgIpc) is 2.26. The summed E-state index contributed by atoms with van der Waals surface area (Å²) in [6.07, 6.45) is 0. The standard InChI is InChI=1S/C14H18N2S/c1-10-9-13(16-17-14(2,3)4)15-12-8-6-5-7-11(10)12/h5-9H,1-4H3,(H,15,16). The number of hydrogen-bond acceptors (Lipinski definition) is 3. The number of nitrogens with one attached hydrogen (secondary N) is 1. The zero-order valence-corrected chi connectivity index (χ0v) is 11.6. The lowest BCUT2D eigenvalue weighted by molar-refractivity contribution is 0.805. The lowest BCUT2D eigenvalue weighted by Gasteiger charge is -2.18. The zero-order valence-electron chi connectivity index (χ0n) is 10.7. The third kappa shape index (κ3) is 3.13. The maximum Gasteiger partial charge on any atom is 0.136 e.